The SMILES string of the molecule is CC(C)COC(=O)c1ccc(OC[C@H](O)CSc2nc3c(N)ncnc3n2[C@@H]2O[C@H](CO)[C@@H](O)[C@H]2O)cc1. The number of nitrogens with zero attached hydrogens (tertiary/aromatic N) is 4. The fourth-order valence-electron chi connectivity index (χ4n) is 3.75. The third kappa shape index (κ3) is 6.17. The number of thioether (sulfide) groups is 1. The van der Waals surface area contributed by atoms with E-state index in [1.165, 1.54) is 10.9 Å². The molecular weight excluding hydrogens is 518 g/mol. The molecule has 14 heteroatoms. The zero-order valence-electron chi connectivity index (χ0n) is 20.9. The average Bonchev–Trinajstić information content (AvgIpc) is 3.42. The van der Waals surface area contributed by atoms with Gasteiger partial charge in [0, 0.05) is 5.75 Å². The van der Waals surface area contributed by atoms with Crippen molar-refractivity contribution in [2.75, 3.05) is 31.3 Å². The van der Waals surface area contributed by atoms with Crippen LogP contribution in [0.4, 0.5) is 5.82 Å². The number of nitrogen functional groups attached to an aromatic ring is 1. The van der Waals surface area contributed by atoms with Crippen LogP contribution < -0.4 is 10.5 Å². The highest BCUT2D eigenvalue weighted by molar-refractivity contribution is 7.99. The van der Waals surface area contributed by atoms with Gasteiger partial charge in [-0.1, -0.05) is 25.6 Å². The lowest BCUT2D eigenvalue weighted by molar-refractivity contribution is -0.0548. The molecule has 206 valence electrons. The van der Waals surface area contributed by atoms with Crippen LogP contribution in [0.1, 0.15) is 30.4 Å². The second-order valence-electron chi connectivity index (χ2n) is 9.22. The number of fused-ring (bicyclic) bond motifs is 1. The van der Waals surface area contributed by atoms with Gasteiger partial charge in [-0.25, -0.2) is 19.7 Å². The first-order chi connectivity index (χ1) is 18.2. The highest BCUT2D eigenvalue weighted by atomic mass is 32.2. The fourth-order valence-corrected chi connectivity index (χ4v) is 4.68. The van der Waals surface area contributed by atoms with E-state index in [2.05, 4.69) is 15.0 Å². The molecule has 0 amide bonds. The maximum absolute atomic E-state index is 12.0. The molecule has 1 aliphatic heterocycles. The van der Waals surface area contributed by atoms with E-state index in [-0.39, 0.29) is 35.3 Å². The van der Waals surface area contributed by atoms with Crippen molar-refractivity contribution in [1.82, 2.24) is 19.5 Å². The molecule has 0 radical (unpaired) electrons. The van der Waals surface area contributed by atoms with Gasteiger partial charge in [0.2, 0.25) is 0 Å². The summed E-state index contributed by atoms with van der Waals surface area (Å²) >= 11 is 1.14. The number of hydrogen-bond donors (Lipinski definition) is 5. The van der Waals surface area contributed by atoms with E-state index >= 15 is 0 Å². The van der Waals surface area contributed by atoms with Crippen LogP contribution in [0.3, 0.4) is 0 Å². The Balaban J connectivity index is 1.40. The van der Waals surface area contributed by atoms with Crippen molar-refractivity contribution >= 4 is 34.7 Å². The molecule has 1 saturated heterocycles. The van der Waals surface area contributed by atoms with Crippen molar-refractivity contribution in [1.29, 1.82) is 0 Å². The molecule has 1 aliphatic rings. The molecule has 4 rings (SSSR count). The van der Waals surface area contributed by atoms with Crippen LogP contribution in [-0.4, -0.2) is 95.9 Å². The molecule has 0 aliphatic carbocycles. The van der Waals surface area contributed by atoms with Gasteiger partial charge in [0.25, 0.3) is 0 Å². The van der Waals surface area contributed by atoms with E-state index < -0.39 is 43.2 Å². The summed E-state index contributed by atoms with van der Waals surface area (Å²) in [4.78, 5) is 24.6. The molecule has 1 fully saturated rings. The van der Waals surface area contributed by atoms with E-state index in [1.807, 2.05) is 13.8 Å². The lowest BCUT2D eigenvalue weighted by Gasteiger charge is -2.19. The Bertz CT molecular complexity index is 1240. The summed E-state index contributed by atoms with van der Waals surface area (Å²) in [6, 6.07) is 6.42. The number of nitrogens with two attached hydrogens (primary N) is 1. The van der Waals surface area contributed by atoms with Gasteiger partial charge in [-0.2, -0.15) is 0 Å². The van der Waals surface area contributed by atoms with Crippen molar-refractivity contribution in [3.63, 3.8) is 0 Å². The summed E-state index contributed by atoms with van der Waals surface area (Å²) in [5.74, 6) is 0.552. The van der Waals surface area contributed by atoms with Crippen LogP contribution in [0.15, 0.2) is 35.7 Å². The maximum Gasteiger partial charge on any atom is 0.338 e. The van der Waals surface area contributed by atoms with Gasteiger partial charge in [-0.3, -0.25) is 4.57 Å². The topological polar surface area (TPSA) is 195 Å². The van der Waals surface area contributed by atoms with Gasteiger partial charge in [0.05, 0.1) is 24.9 Å². The van der Waals surface area contributed by atoms with E-state index in [1.54, 1.807) is 24.3 Å². The molecule has 5 atom stereocenters. The number of ether oxygens (including phenoxy) is 3. The number of aromatic nitrogens is 4. The lowest BCUT2D eigenvalue weighted by atomic mass is 10.1. The first-order valence-corrected chi connectivity index (χ1v) is 13.0. The minimum absolute atomic E-state index is 0.0415. The summed E-state index contributed by atoms with van der Waals surface area (Å²) in [6.45, 7) is 3.71. The van der Waals surface area contributed by atoms with Gasteiger partial charge in [-0.15, -0.1) is 0 Å². The van der Waals surface area contributed by atoms with Crippen LogP contribution >= 0.6 is 11.8 Å². The fraction of sp³-hybridized carbons (Fsp3) is 0.500. The third-order valence-electron chi connectivity index (χ3n) is 5.73. The number of imidazole rings is 1. The Kier molecular flexibility index (Phi) is 9.02. The molecule has 0 spiro atoms. The van der Waals surface area contributed by atoms with Crippen LogP contribution in [0.25, 0.3) is 11.2 Å². The monoisotopic (exact) mass is 549 g/mol. The Morgan fingerprint density at radius 1 is 1.18 bits per heavy atom. The number of carbonyl (C=O) groups is 1. The number of carbonyl (C=O) groups excluding carboxylic acids is 1. The summed E-state index contributed by atoms with van der Waals surface area (Å²) < 4.78 is 18.0. The number of hydrogen-bond acceptors (Lipinski definition) is 13. The number of aliphatic hydroxyl groups is 4. The molecule has 13 nitrogen and oxygen atoms in total. The Labute approximate surface area is 222 Å². The zero-order valence-corrected chi connectivity index (χ0v) is 21.7. The first-order valence-electron chi connectivity index (χ1n) is 12.0. The zero-order chi connectivity index (χ0) is 27.4. The molecule has 3 aromatic rings. The number of rotatable bonds is 11. The minimum Gasteiger partial charge on any atom is -0.491 e. The van der Waals surface area contributed by atoms with Gasteiger partial charge in [0.1, 0.15) is 37.0 Å². The molecule has 3 heterocycles. The van der Waals surface area contributed by atoms with Crippen LogP contribution in [-0.2, 0) is 9.47 Å². The van der Waals surface area contributed by atoms with Crippen molar-refractivity contribution in [2.45, 2.75) is 49.6 Å². The average molecular weight is 550 g/mol. The Morgan fingerprint density at radius 2 is 1.92 bits per heavy atom. The van der Waals surface area contributed by atoms with E-state index in [9.17, 15) is 25.2 Å². The normalized spacial score (nSPS) is 22.2. The summed E-state index contributed by atoms with van der Waals surface area (Å²) in [5, 5.41) is 41.1. The minimum atomic E-state index is -1.36. The predicted molar refractivity (Wildman–Crippen MR) is 137 cm³/mol. The third-order valence-corrected chi connectivity index (χ3v) is 6.83. The van der Waals surface area contributed by atoms with E-state index in [4.69, 9.17) is 19.9 Å². The number of esters is 1. The second-order valence-corrected chi connectivity index (χ2v) is 10.2. The quantitative estimate of drug-likeness (QED) is 0.163. The summed E-state index contributed by atoms with van der Waals surface area (Å²) in [7, 11) is 0. The molecule has 1 aromatic carbocycles. The first kappa shape index (κ1) is 28.0. The van der Waals surface area contributed by atoms with E-state index in [0.29, 0.717) is 23.1 Å². The molecule has 38 heavy (non-hydrogen) atoms. The van der Waals surface area contributed by atoms with Gasteiger partial charge >= 0.3 is 5.97 Å². The van der Waals surface area contributed by atoms with Crippen LogP contribution in [0.2, 0.25) is 0 Å². The number of benzene rings is 1. The number of anilines is 1. The van der Waals surface area contributed by atoms with Crippen LogP contribution in [0, 0.1) is 5.92 Å². The van der Waals surface area contributed by atoms with Gasteiger partial charge < -0.3 is 40.4 Å². The van der Waals surface area contributed by atoms with Crippen molar-refractivity contribution < 1.29 is 39.4 Å². The van der Waals surface area contributed by atoms with E-state index in [0.717, 1.165) is 11.8 Å². The van der Waals surface area contributed by atoms with Gasteiger partial charge in [0.15, 0.2) is 28.4 Å². The molecular formula is C24H31N5O8S. The molecule has 0 saturated carbocycles. The summed E-state index contributed by atoms with van der Waals surface area (Å²) in [5.41, 5.74) is 6.90. The van der Waals surface area contributed by atoms with Crippen molar-refractivity contribution in [3.05, 3.63) is 36.2 Å². The lowest BCUT2D eigenvalue weighted by Crippen LogP contribution is -2.33. The highest BCUT2D eigenvalue weighted by Crippen LogP contribution is 2.36. The number of aliphatic hydroxyl groups excluding tert-OH is 4. The highest BCUT2D eigenvalue weighted by Gasteiger charge is 2.45. The Hall–Kier alpha value is -3.01. The standard InChI is InChI=1S/C24H31N5O8S/c1-12(2)8-36-23(34)13-3-5-15(6-4-13)35-9-14(31)10-38-24-28-17-20(25)26-11-27-21(17)29(24)22-19(33)18(32)16(7-30)37-22/h3-6,11-12,14,16,18-19,22,30-33H,7-10H2,1-2H3,(H2,25,26,27)/t14-,16+,18+,19+,22+/m0/s1. The molecule has 0 bridgehead atoms. The molecule has 6 N–H and O–H groups in total. The molecule has 0 unspecified atom stereocenters. The smallest absolute Gasteiger partial charge is 0.338 e. The van der Waals surface area contributed by atoms with Crippen LogP contribution in [0.5, 0.6) is 5.75 Å². The second kappa shape index (κ2) is 12.2. The predicted octanol–water partition coefficient (Wildman–Crippen LogP) is 0.365. The Morgan fingerprint density at radius 3 is 2.58 bits per heavy atom. The van der Waals surface area contributed by atoms with Crippen molar-refractivity contribution in [3.8, 4) is 5.75 Å². The largest absolute Gasteiger partial charge is 0.491 e. The van der Waals surface area contributed by atoms with Gasteiger partial charge in [-0.05, 0) is 30.2 Å². The molecule has 2 aromatic heterocycles. The summed E-state index contributed by atoms with van der Waals surface area (Å²) in [6.07, 6.45) is -4.45. The van der Waals surface area contributed by atoms with Crippen molar-refractivity contribution in [2.24, 2.45) is 5.92 Å². The maximum atomic E-state index is 12.0.